The van der Waals surface area contributed by atoms with Gasteiger partial charge >= 0.3 is 6.09 Å². The Morgan fingerprint density at radius 3 is 2.55 bits per heavy atom. The summed E-state index contributed by atoms with van der Waals surface area (Å²) in [6.07, 6.45) is -0.856. The van der Waals surface area contributed by atoms with Crippen LogP contribution in [0, 0.1) is 0 Å². The molecule has 0 radical (unpaired) electrons. The summed E-state index contributed by atoms with van der Waals surface area (Å²) in [4.78, 5) is 12.0. The number of carbonyl (C=O) groups is 1. The minimum absolute atomic E-state index is 0.0440. The fraction of sp³-hybridized carbons (Fsp3) is 0.462. The lowest BCUT2D eigenvalue weighted by molar-refractivity contribution is 0.0378. The topological polar surface area (TPSA) is 89.7 Å². The third kappa shape index (κ3) is 3.04. The average Bonchev–Trinajstić information content (AvgIpc) is 2.25. The van der Waals surface area contributed by atoms with Crippen LogP contribution in [0.5, 0.6) is 0 Å². The van der Waals surface area contributed by atoms with Crippen molar-refractivity contribution in [2.45, 2.75) is 38.7 Å². The second-order valence-corrected chi connectivity index (χ2v) is 7.66. The molecule has 110 valence electrons. The van der Waals surface area contributed by atoms with Gasteiger partial charge in [0.2, 0.25) is 10.0 Å². The Kier molecular flexibility index (Phi) is 3.41. The molecule has 7 heteroatoms. The second-order valence-electron chi connectivity index (χ2n) is 5.77. The number of anilines is 1. The summed E-state index contributed by atoms with van der Waals surface area (Å²) < 4.78 is 30.2. The van der Waals surface area contributed by atoms with E-state index in [-0.39, 0.29) is 12.3 Å². The lowest BCUT2D eigenvalue weighted by atomic mass is 10.1. The van der Waals surface area contributed by atoms with Crippen LogP contribution in [0.25, 0.3) is 0 Å². The maximum absolute atomic E-state index is 12.2. The van der Waals surface area contributed by atoms with Crippen molar-refractivity contribution in [3.8, 4) is 0 Å². The van der Waals surface area contributed by atoms with E-state index in [2.05, 4.69) is 0 Å². The Labute approximate surface area is 118 Å². The highest BCUT2D eigenvalue weighted by Gasteiger charge is 2.36. The highest BCUT2D eigenvalue weighted by molar-refractivity contribution is 7.88. The van der Waals surface area contributed by atoms with Crippen LogP contribution in [-0.2, 0) is 27.1 Å². The van der Waals surface area contributed by atoms with Gasteiger partial charge in [-0.3, -0.25) is 0 Å². The number of benzene rings is 1. The molecule has 0 aliphatic carbocycles. The van der Waals surface area contributed by atoms with E-state index in [1.165, 1.54) is 0 Å². The Balaban J connectivity index is 2.34. The van der Waals surface area contributed by atoms with Crippen molar-refractivity contribution in [1.82, 2.24) is 4.31 Å². The van der Waals surface area contributed by atoms with E-state index in [9.17, 15) is 13.2 Å². The summed E-state index contributed by atoms with van der Waals surface area (Å²) in [6, 6.07) is 5.01. The van der Waals surface area contributed by atoms with Gasteiger partial charge in [-0.15, -0.1) is 0 Å². The number of hydrogen-bond donors (Lipinski definition) is 1. The quantitative estimate of drug-likeness (QED) is 0.738. The number of nitrogen functional groups attached to an aromatic ring is 1. The number of nitrogens with two attached hydrogens (primary N) is 1. The molecule has 0 unspecified atom stereocenters. The molecule has 0 bridgehead atoms. The zero-order chi connectivity index (χ0) is 15.1. The molecule has 6 nitrogen and oxygen atoms in total. The van der Waals surface area contributed by atoms with Gasteiger partial charge in [-0.05, 0) is 44.0 Å². The van der Waals surface area contributed by atoms with Crippen LogP contribution in [0.2, 0.25) is 0 Å². The van der Waals surface area contributed by atoms with Gasteiger partial charge in [0.15, 0.2) is 0 Å². The van der Waals surface area contributed by atoms with Crippen LogP contribution >= 0.6 is 0 Å². The standard InChI is InChI=1S/C13H18N2O4S/c1-13(2,3)19-12(16)15-7-10-6-11(14)5-4-9(10)8-20(15,17)18/h4-6H,7-8,14H2,1-3H3. The summed E-state index contributed by atoms with van der Waals surface area (Å²) in [5.41, 5.74) is 6.87. The summed E-state index contributed by atoms with van der Waals surface area (Å²) in [5, 5.41) is 0. The van der Waals surface area contributed by atoms with Crippen LogP contribution in [0.1, 0.15) is 31.9 Å². The first-order valence-corrected chi connectivity index (χ1v) is 7.80. The number of sulfonamides is 1. The van der Waals surface area contributed by atoms with E-state index < -0.39 is 21.7 Å². The molecule has 0 saturated carbocycles. The summed E-state index contributed by atoms with van der Waals surface area (Å²) in [7, 11) is -3.70. The van der Waals surface area contributed by atoms with Crippen LogP contribution in [0.3, 0.4) is 0 Å². The molecule has 0 atom stereocenters. The Morgan fingerprint density at radius 1 is 1.30 bits per heavy atom. The summed E-state index contributed by atoms with van der Waals surface area (Å²) in [5.74, 6) is -0.220. The number of nitrogens with zero attached hydrogens (tertiary/aromatic N) is 1. The molecule has 20 heavy (non-hydrogen) atoms. The number of rotatable bonds is 0. The first-order chi connectivity index (χ1) is 9.08. The van der Waals surface area contributed by atoms with Gasteiger partial charge < -0.3 is 10.5 Å². The van der Waals surface area contributed by atoms with Crippen LogP contribution in [0.15, 0.2) is 18.2 Å². The van der Waals surface area contributed by atoms with E-state index in [1.807, 2.05) is 0 Å². The molecule has 0 fully saturated rings. The molecule has 0 saturated heterocycles. The second kappa shape index (κ2) is 4.66. The van der Waals surface area contributed by atoms with Crippen LogP contribution in [0.4, 0.5) is 10.5 Å². The fourth-order valence-electron chi connectivity index (χ4n) is 1.95. The largest absolute Gasteiger partial charge is 0.443 e. The Hall–Kier alpha value is -1.76. The minimum atomic E-state index is -3.70. The maximum atomic E-state index is 12.2. The average molecular weight is 298 g/mol. The third-order valence-electron chi connectivity index (χ3n) is 2.82. The maximum Gasteiger partial charge on any atom is 0.424 e. The molecule has 2 rings (SSSR count). The first kappa shape index (κ1) is 14.6. The number of ether oxygens (including phenoxy) is 1. The van der Waals surface area contributed by atoms with Crippen molar-refractivity contribution < 1.29 is 17.9 Å². The molecule has 1 aromatic rings. The fourth-order valence-corrected chi connectivity index (χ4v) is 3.38. The number of amides is 1. The Bertz CT molecular complexity index is 647. The van der Waals surface area contributed by atoms with Gasteiger partial charge in [-0.25, -0.2) is 13.2 Å². The molecule has 2 N–H and O–H groups in total. The molecule has 1 aliphatic rings. The molecular weight excluding hydrogens is 280 g/mol. The predicted octanol–water partition coefficient (Wildman–Crippen LogP) is 1.85. The van der Waals surface area contributed by atoms with E-state index in [0.717, 1.165) is 9.87 Å². The molecule has 1 aromatic carbocycles. The molecule has 1 heterocycles. The van der Waals surface area contributed by atoms with Crippen molar-refractivity contribution in [3.63, 3.8) is 0 Å². The zero-order valence-corrected chi connectivity index (χ0v) is 12.5. The van der Waals surface area contributed by atoms with Gasteiger partial charge in [0.05, 0.1) is 12.3 Å². The van der Waals surface area contributed by atoms with Crippen LogP contribution < -0.4 is 5.73 Å². The monoisotopic (exact) mass is 298 g/mol. The van der Waals surface area contributed by atoms with Gasteiger partial charge in [0, 0.05) is 5.69 Å². The minimum Gasteiger partial charge on any atom is -0.443 e. The third-order valence-corrected chi connectivity index (χ3v) is 4.44. The van der Waals surface area contributed by atoms with Crippen LogP contribution in [-0.4, -0.2) is 24.4 Å². The zero-order valence-electron chi connectivity index (χ0n) is 11.7. The highest BCUT2D eigenvalue weighted by Crippen LogP contribution is 2.27. The smallest absolute Gasteiger partial charge is 0.424 e. The van der Waals surface area contributed by atoms with Crippen molar-refractivity contribution in [2.24, 2.45) is 0 Å². The van der Waals surface area contributed by atoms with E-state index in [1.54, 1.807) is 39.0 Å². The number of carbonyl (C=O) groups excluding carboxylic acids is 1. The van der Waals surface area contributed by atoms with Gasteiger partial charge in [0.1, 0.15) is 5.60 Å². The highest BCUT2D eigenvalue weighted by atomic mass is 32.2. The van der Waals surface area contributed by atoms with Crippen molar-refractivity contribution in [2.75, 3.05) is 5.73 Å². The lowest BCUT2D eigenvalue weighted by Crippen LogP contribution is -2.43. The summed E-state index contributed by atoms with van der Waals surface area (Å²) >= 11 is 0. The number of fused-ring (bicyclic) bond motifs is 1. The normalized spacial score (nSPS) is 17.4. The first-order valence-electron chi connectivity index (χ1n) is 6.19. The number of hydrogen-bond acceptors (Lipinski definition) is 5. The molecule has 0 aromatic heterocycles. The van der Waals surface area contributed by atoms with E-state index in [0.29, 0.717) is 11.3 Å². The summed E-state index contributed by atoms with van der Waals surface area (Å²) in [6.45, 7) is 5.02. The Morgan fingerprint density at radius 2 is 1.95 bits per heavy atom. The van der Waals surface area contributed by atoms with E-state index >= 15 is 0 Å². The molecular formula is C13H18N2O4S. The van der Waals surface area contributed by atoms with Gasteiger partial charge in [-0.1, -0.05) is 6.07 Å². The van der Waals surface area contributed by atoms with Crippen molar-refractivity contribution in [1.29, 1.82) is 0 Å². The molecule has 1 aliphatic heterocycles. The SMILES string of the molecule is CC(C)(C)OC(=O)N1Cc2cc(N)ccc2CS1(=O)=O. The van der Waals surface area contributed by atoms with Crippen molar-refractivity contribution >= 4 is 21.8 Å². The van der Waals surface area contributed by atoms with Gasteiger partial charge in [-0.2, -0.15) is 4.31 Å². The lowest BCUT2D eigenvalue weighted by Gasteiger charge is -2.30. The molecule has 1 amide bonds. The van der Waals surface area contributed by atoms with Crippen molar-refractivity contribution in [3.05, 3.63) is 29.3 Å². The molecule has 0 spiro atoms. The predicted molar refractivity (Wildman–Crippen MR) is 75.3 cm³/mol. The van der Waals surface area contributed by atoms with E-state index in [4.69, 9.17) is 10.5 Å². The van der Waals surface area contributed by atoms with Gasteiger partial charge in [0.25, 0.3) is 0 Å².